The monoisotopic (exact) mass is 363 g/mol. The summed E-state index contributed by atoms with van der Waals surface area (Å²) in [5, 5.41) is 6.57. The summed E-state index contributed by atoms with van der Waals surface area (Å²) in [4.78, 5) is 4.64. The lowest BCUT2D eigenvalue weighted by Crippen LogP contribution is -2.39. The molecule has 2 rings (SSSR count). The molecule has 0 bridgehead atoms. The van der Waals surface area contributed by atoms with Crippen LogP contribution >= 0.6 is 0 Å². The fraction of sp³-hybridized carbons (Fsp3) is 0.650. The number of ether oxygens (including phenoxy) is 3. The molecule has 1 aliphatic rings. The van der Waals surface area contributed by atoms with Gasteiger partial charge in [0.25, 0.3) is 0 Å². The van der Waals surface area contributed by atoms with Crippen LogP contribution in [0.5, 0.6) is 11.5 Å². The second-order valence-electron chi connectivity index (χ2n) is 6.75. The van der Waals surface area contributed by atoms with Crippen LogP contribution in [0.4, 0.5) is 0 Å². The van der Waals surface area contributed by atoms with Crippen LogP contribution < -0.4 is 20.1 Å². The molecule has 0 aliphatic carbocycles. The van der Waals surface area contributed by atoms with Crippen molar-refractivity contribution >= 4 is 5.96 Å². The molecule has 0 saturated carbocycles. The predicted molar refractivity (Wildman–Crippen MR) is 105 cm³/mol. The van der Waals surface area contributed by atoms with Crippen molar-refractivity contribution in [2.75, 3.05) is 39.5 Å². The summed E-state index contributed by atoms with van der Waals surface area (Å²) in [6, 6.07) is 6.02. The Balaban J connectivity index is 1.81. The summed E-state index contributed by atoms with van der Waals surface area (Å²) in [6.07, 6.45) is 2.01. The number of benzene rings is 1. The summed E-state index contributed by atoms with van der Waals surface area (Å²) in [6.45, 7) is 11.5. The Morgan fingerprint density at radius 3 is 2.73 bits per heavy atom. The number of nitrogens with one attached hydrogen (secondary N) is 2. The van der Waals surface area contributed by atoms with Gasteiger partial charge in [0.15, 0.2) is 17.5 Å². The highest BCUT2D eigenvalue weighted by molar-refractivity contribution is 5.79. The van der Waals surface area contributed by atoms with Gasteiger partial charge >= 0.3 is 0 Å². The Kier molecular flexibility index (Phi) is 9.10. The number of hydrogen-bond acceptors (Lipinski definition) is 4. The van der Waals surface area contributed by atoms with Crippen LogP contribution in [0.2, 0.25) is 0 Å². The maximum Gasteiger partial charge on any atom is 0.191 e. The van der Waals surface area contributed by atoms with Gasteiger partial charge in [-0.25, -0.2) is 4.99 Å². The molecule has 26 heavy (non-hydrogen) atoms. The second kappa shape index (κ2) is 11.6. The summed E-state index contributed by atoms with van der Waals surface area (Å²) in [5.74, 6) is 3.11. The normalized spacial score (nSPS) is 14.2. The van der Waals surface area contributed by atoms with Gasteiger partial charge in [0.2, 0.25) is 0 Å². The number of rotatable bonds is 9. The van der Waals surface area contributed by atoms with Crippen molar-refractivity contribution in [1.82, 2.24) is 10.6 Å². The molecule has 0 saturated heterocycles. The molecule has 146 valence electrons. The Morgan fingerprint density at radius 2 is 1.96 bits per heavy atom. The Bertz CT molecular complexity index is 561. The average Bonchev–Trinajstić information content (AvgIpc) is 2.87. The highest BCUT2D eigenvalue weighted by Gasteiger charge is 2.10. The van der Waals surface area contributed by atoms with Crippen molar-refractivity contribution in [3.8, 4) is 11.5 Å². The molecule has 0 amide bonds. The van der Waals surface area contributed by atoms with E-state index in [2.05, 4.69) is 36.4 Å². The van der Waals surface area contributed by atoms with Crippen LogP contribution in [0.15, 0.2) is 23.2 Å². The molecule has 0 fully saturated rings. The van der Waals surface area contributed by atoms with E-state index in [1.807, 2.05) is 18.2 Å². The van der Waals surface area contributed by atoms with Gasteiger partial charge in [-0.15, -0.1) is 0 Å². The van der Waals surface area contributed by atoms with E-state index in [9.17, 15) is 0 Å². The molecule has 0 spiro atoms. The lowest BCUT2D eigenvalue weighted by Gasteiger charge is -2.12. The van der Waals surface area contributed by atoms with Gasteiger partial charge in [0.05, 0.1) is 26.4 Å². The molecule has 1 aromatic carbocycles. The topological polar surface area (TPSA) is 64.1 Å². The summed E-state index contributed by atoms with van der Waals surface area (Å²) >= 11 is 0. The number of guanidine groups is 1. The van der Waals surface area contributed by atoms with Crippen LogP contribution in [-0.2, 0) is 11.3 Å². The molecule has 0 atom stereocenters. The molecule has 6 nitrogen and oxygen atoms in total. The van der Waals surface area contributed by atoms with E-state index in [-0.39, 0.29) is 0 Å². The van der Waals surface area contributed by atoms with Crippen molar-refractivity contribution in [2.24, 2.45) is 10.9 Å². The zero-order valence-electron chi connectivity index (χ0n) is 16.3. The van der Waals surface area contributed by atoms with Crippen molar-refractivity contribution in [3.05, 3.63) is 23.8 Å². The highest BCUT2D eigenvalue weighted by Crippen LogP contribution is 2.30. The van der Waals surface area contributed by atoms with Gasteiger partial charge in [-0.3, -0.25) is 0 Å². The molecule has 0 radical (unpaired) electrons. The zero-order chi connectivity index (χ0) is 18.6. The first-order valence-corrected chi connectivity index (χ1v) is 9.67. The minimum absolute atomic E-state index is 0.584. The Hall–Kier alpha value is -1.95. The Labute approximate surface area is 157 Å². The number of hydrogen-bond donors (Lipinski definition) is 2. The maximum atomic E-state index is 5.74. The van der Waals surface area contributed by atoms with E-state index in [4.69, 9.17) is 14.2 Å². The zero-order valence-corrected chi connectivity index (χ0v) is 16.3. The van der Waals surface area contributed by atoms with Gasteiger partial charge in [0, 0.05) is 26.1 Å². The van der Waals surface area contributed by atoms with E-state index >= 15 is 0 Å². The van der Waals surface area contributed by atoms with Crippen molar-refractivity contribution < 1.29 is 14.2 Å². The van der Waals surface area contributed by atoms with Crippen molar-refractivity contribution in [2.45, 2.75) is 40.2 Å². The molecule has 0 aromatic heterocycles. The molecule has 0 unspecified atom stereocenters. The third-order valence-corrected chi connectivity index (χ3v) is 3.95. The quantitative estimate of drug-likeness (QED) is 0.401. The van der Waals surface area contributed by atoms with E-state index in [0.29, 0.717) is 32.3 Å². The first kappa shape index (κ1) is 20.4. The number of fused-ring (bicyclic) bond motifs is 1. The van der Waals surface area contributed by atoms with Gasteiger partial charge in [-0.05, 0) is 37.0 Å². The van der Waals surface area contributed by atoms with E-state index in [1.54, 1.807) is 0 Å². The smallest absolute Gasteiger partial charge is 0.191 e. The van der Waals surface area contributed by atoms with Crippen LogP contribution in [-0.4, -0.2) is 45.5 Å². The number of aliphatic imine (C=N–C) groups is 1. The molecular formula is C20H33N3O3. The first-order valence-electron chi connectivity index (χ1n) is 9.67. The van der Waals surface area contributed by atoms with Crippen LogP contribution in [0.3, 0.4) is 0 Å². The van der Waals surface area contributed by atoms with E-state index < -0.39 is 0 Å². The second-order valence-corrected chi connectivity index (χ2v) is 6.75. The van der Waals surface area contributed by atoms with Crippen LogP contribution in [0.25, 0.3) is 0 Å². The summed E-state index contributed by atoms with van der Waals surface area (Å²) < 4.78 is 17.0. The fourth-order valence-electron chi connectivity index (χ4n) is 2.48. The number of nitrogens with zero attached hydrogens (tertiary/aromatic N) is 1. The summed E-state index contributed by atoms with van der Waals surface area (Å²) in [7, 11) is 0. The van der Waals surface area contributed by atoms with E-state index in [1.165, 1.54) is 0 Å². The molecule has 6 heteroatoms. The standard InChI is InChI=1S/C20H33N3O3/c1-4-21-20(22-9-13-24-12-8-16(2)3)23-15-17-6-7-18-19(14-17)26-11-5-10-25-18/h6-7,14,16H,4-5,8-13,15H2,1-3H3,(H2,21,22,23). The van der Waals surface area contributed by atoms with Gasteiger partial charge in [0.1, 0.15) is 0 Å². The lowest BCUT2D eigenvalue weighted by molar-refractivity contribution is 0.128. The molecule has 1 aliphatic heterocycles. The SMILES string of the molecule is CCNC(=NCc1ccc2c(c1)OCCCO2)NCCOCCC(C)C. The molecule has 2 N–H and O–H groups in total. The lowest BCUT2D eigenvalue weighted by atomic mass is 10.1. The minimum Gasteiger partial charge on any atom is -0.490 e. The van der Waals surface area contributed by atoms with Crippen molar-refractivity contribution in [1.29, 1.82) is 0 Å². The minimum atomic E-state index is 0.584. The van der Waals surface area contributed by atoms with Crippen LogP contribution in [0.1, 0.15) is 39.2 Å². The average molecular weight is 364 g/mol. The largest absolute Gasteiger partial charge is 0.490 e. The molecule has 1 heterocycles. The highest BCUT2D eigenvalue weighted by atomic mass is 16.5. The third kappa shape index (κ3) is 7.52. The van der Waals surface area contributed by atoms with Gasteiger partial charge in [-0.1, -0.05) is 19.9 Å². The Morgan fingerprint density at radius 1 is 1.15 bits per heavy atom. The molecule has 1 aromatic rings. The van der Waals surface area contributed by atoms with E-state index in [0.717, 1.165) is 55.6 Å². The van der Waals surface area contributed by atoms with Gasteiger partial charge in [-0.2, -0.15) is 0 Å². The molecular weight excluding hydrogens is 330 g/mol. The van der Waals surface area contributed by atoms with Crippen molar-refractivity contribution in [3.63, 3.8) is 0 Å². The fourth-order valence-corrected chi connectivity index (χ4v) is 2.48. The van der Waals surface area contributed by atoms with Gasteiger partial charge < -0.3 is 24.8 Å². The maximum absolute atomic E-state index is 5.74. The summed E-state index contributed by atoms with van der Waals surface area (Å²) in [5.41, 5.74) is 1.10. The third-order valence-electron chi connectivity index (χ3n) is 3.95. The van der Waals surface area contributed by atoms with Crippen LogP contribution in [0, 0.1) is 5.92 Å². The first-order chi connectivity index (χ1) is 12.7. The predicted octanol–water partition coefficient (Wildman–Crippen LogP) is 2.97.